The molecule has 0 saturated carbocycles. The second-order valence-corrected chi connectivity index (χ2v) is 33.8. The Bertz CT molecular complexity index is 1560. The van der Waals surface area contributed by atoms with E-state index in [9.17, 15) is 0 Å². The van der Waals surface area contributed by atoms with Crippen molar-refractivity contribution in [1.29, 1.82) is 0 Å². The van der Waals surface area contributed by atoms with Crippen LogP contribution in [0.2, 0.25) is 0 Å². The fourth-order valence-electron chi connectivity index (χ4n) is 6.98. The van der Waals surface area contributed by atoms with Gasteiger partial charge in [0.2, 0.25) is 0 Å². The Hall–Kier alpha value is -4.29. The average molecular weight is 669 g/mol. The Morgan fingerprint density at radius 1 is 0.289 bits per heavy atom. The number of rotatable bonds is 11. The summed E-state index contributed by atoms with van der Waals surface area (Å²) < 4.78 is 0. The Morgan fingerprint density at radius 2 is 0.444 bits per heavy atom. The number of carbonyl (C=O) groups excluding carboxylic acids is 3. The summed E-state index contributed by atoms with van der Waals surface area (Å²) in [5, 5.41) is 7.82. The SMILES string of the molecule is O=[CH][Fe]([CH]=O)([CH]=O)([PH](c1ccccc1)(c1ccccc1)c1ccccc1)[PH](c1ccccc1)(c1ccccc1)c1ccccc1. The van der Waals surface area contributed by atoms with E-state index >= 15 is 14.4 Å². The van der Waals surface area contributed by atoms with Crippen molar-refractivity contribution in [3.8, 4) is 0 Å². The van der Waals surface area contributed by atoms with E-state index in [-0.39, 0.29) is 0 Å². The zero-order valence-corrected chi connectivity index (χ0v) is 27.7. The van der Waals surface area contributed by atoms with Crippen LogP contribution in [0.5, 0.6) is 0 Å². The topological polar surface area (TPSA) is 51.2 Å². The number of benzene rings is 6. The van der Waals surface area contributed by atoms with Gasteiger partial charge in [-0.1, -0.05) is 0 Å². The van der Waals surface area contributed by atoms with Crippen molar-refractivity contribution >= 4 is 59.3 Å². The first-order valence-electron chi connectivity index (χ1n) is 14.6. The van der Waals surface area contributed by atoms with Gasteiger partial charge in [0.05, 0.1) is 0 Å². The molecule has 6 rings (SSSR count). The van der Waals surface area contributed by atoms with Crippen LogP contribution >= 0.6 is 11.9 Å². The summed E-state index contributed by atoms with van der Waals surface area (Å²) in [5.74, 6) is -7.88. The predicted octanol–water partition coefficient (Wildman–Crippen LogP) is 5.53. The Balaban J connectivity index is 2.04. The van der Waals surface area contributed by atoms with Crippen LogP contribution in [-0.4, -0.2) is 15.6 Å². The molecule has 45 heavy (non-hydrogen) atoms. The zero-order valence-electron chi connectivity index (χ0n) is 24.6. The molecule has 0 amide bonds. The molecular weight excluding hydrogens is 634 g/mol. The van der Waals surface area contributed by atoms with E-state index in [1.807, 2.05) is 182 Å². The second kappa shape index (κ2) is 12.6. The van der Waals surface area contributed by atoms with Crippen LogP contribution in [0.15, 0.2) is 182 Å². The molecule has 6 aromatic carbocycles. The maximum absolute atomic E-state index is 15.0. The molecule has 0 spiro atoms. The van der Waals surface area contributed by atoms with Crippen molar-refractivity contribution in [2.45, 2.75) is 0 Å². The van der Waals surface area contributed by atoms with Crippen molar-refractivity contribution in [3.05, 3.63) is 182 Å². The first kappa shape index (κ1) is 30.7. The molecule has 3 nitrogen and oxygen atoms in total. The Morgan fingerprint density at radius 3 is 0.578 bits per heavy atom. The van der Waals surface area contributed by atoms with E-state index in [1.165, 1.54) is 0 Å². The van der Waals surface area contributed by atoms with E-state index in [2.05, 4.69) is 0 Å². The van der Waals surface area contributed by atoms with Gasteiger partial charge in [0.1, 0.15) is 0 Å². The van der Waals surface area contributed by atoms with Crippen molar-refractivity contribution in [3.63, 3.8) is 0 Å². The van der Waals surface area contributed by atoms with Gasteiger partial charge in [-0.15, -0.1) is 0 Å². The van der Waals surface area contributed by atoms with Gasteiger partial charge in [-0.3, -0.25) is 0 Å². The summed E-state index contributed by atoms with van der Waals surface area (Å²) in [6, 6.07) is 59.3. The van der Waals surface area contributed by atoms with Gasteiger partial charge in [0.25, 0.3) is 0 Å². The molecule has 0 N–H and O–H groups in total. The number of hydrogen-bond donors (Lipinski definition) is 0. The normalized spacial score (nSPS) is 13.5. The molecular formula is C39H35FeO3P2. The van der Waals surface area contributed by atoms with Crippen LogP contribution in [0.1, 0.15) is 0 Å². The Labute approximate surface area is 265 Å². The minimum absolute atomic E-state index is 0.858. The van der Waals surface area contributed by atoms with Gasteiger partial charge >= 0.3 is 267 Å². The monoisotopic (exact) mass is 669 g/mol. The molecule has 0 bridgehead atoms. The van der Waals surface area contributed by atoms with Crippen LogP contribution < -0.4 is 31.8 Å². The molecule has 0 radical (unpaired) electrons. The molecule has 0 aromatic heterocycles. The summed E-state index contributed by atoms with van der Waals surface area (Å²) >= 11 is 0. The standard InChI is InChI=1S/2C18H15P.3CHO.Fe/c2*1-4-10-16(11-5-1)19(17-12-6-2-7-13-17)18-14-8-3-9-15-18;3*1-2;/h2*1-15H;3*1H;/q;;;;;-2/p+2. The van der Waals surface area contributed by atoms with Gasteiger partial charge in [-0.05, 0) is 0 Å². The maximum atomic E-state index is 15.0. The molecule has 6 aromatic rings. The predicted molar refractivity (Wildman–Crippen MR) is 193 cm³/mol. The van der Waals surface area contributed by atoms with Gasteiger partial charge < -0.3 is 0 Å². The van der Waals surface area contributed by atoms with Crippen molar-refractivity contribution in [2.75, 3.05) is 0 Å². The average Bonchev–Trinajstić information content (AvgIpc) is 3.14. The van der Waals surface area contributed by atoms with Crippen LogP contribution in [-0.2, 0) is 25.3 Å². The first-order valence-corrected chi connectivity index (χ1v) is 23.6. The van der Waals surface area contributed by atoms with Crippen LogP contribution in [0.25, 0.3) is 0 Å². The van der Waals surface area contributed by atoms with Gasteiger partial charge in [-0.2, -0.15) is 0 Å². The molecule has 227 valence electrons. The summed E-state index contributed by atoms with van der Waals surface area (Å²) in [7, 11) is -5.30. The van der Waals surface area contributed by atoms with E-state index in [0.717, 1.165) is 47.4 Å². The summed E-state index contributed by atoms with van der Waals surface area (Å²) in [6.07, 6.45) is 0. The molecule has 0 aliphatic heterocycles. The van der Waals surface area contributed by atoms with Crippen molar-refractivity contribution in [2.24, 2.45) is 0 Å². The quantitative estimate of drug-likeness (QED) is 0.104. The molecule has 0 aliphatic rings. The fraction of sp³-hybridized carbons (Fsp3) is 0. The van der Waals surface area contributed by atoms with Gasteiger partial charge in [0.15, 0.2) is 0 Å². The molecule has 0 heterocycles. The van der Waals surface area contributed by atoms with E-state index in [1.54, 1.807) is 0 Å². The van der Waals surface area contributed by atoms with Crippen molar-refractivity contribution < 1.29 is 25.3 Å². The molecule has 0 aliphatic carbocycles. The van der Waals surface area contributed by atoms with Crippen LogP contribution in [0.3, 0.4) is 0 Å². The van der Waals surface area contributed by atoms with E-state index in [4.69, 9.17) is 0 Å². The third-order valence-electron chi connectivity index (χ3n) is 8.71. The van der Waals surface area contributed by atoms with Gasteiger partial charge in [0, 0.05) is 0 Å². The number of carbonyl (C=O) groups is 3. The van der Waals surface area contributed by atoms with Crippen molar-refractivity contribution in [1.82, 2.24) is 0 Å². The van der Waals surface area contributed by atoms with E-state index in [0.29, 0.717) is 0 Å². The third-order valence-corrected chi connectivity index (χ3v) is 44.9. The molecule has 6 heteroatoms. The third kappa shape index (κ3) is 4.22. The number of hydrogen-bond acceptors (Lipinski definition) is 3. The second-order valence-electron chi connectivity index (χ2n) is 10.8. The zero-order chi connectivity index (χ0) is 31.2. The molecule has 0 atom stereocenters. The first-order chi connectivity index (χ1) is 22.1. The summed E-state index contributed by atoms with van der Waals surface area (Å²) in [4.78, 5) is 45.0. The summed E-state index contributed by atoms with van der Waals surface area (Å²) in [5.41, 5.74) is 0. The molecule has 0 unspecified atom stereocenters. The van der Waals surface area contributed by atoms with Gasteiger partial charge in [-0.25, -0.2) is 0 Å². The minimum atomic E-state index is -5.30. The fourth-order valence-corrected chi connectivity index (χ4v) is 50.9. The molecule has 0 saturated heterocycles. The summed E-state index contributed by atoms with van der Waals surface area (Å²) in [6.45, 7) is 0. The molecule has 0 fully saturated rings. The van der Waals surface area contributed by atoms with Crippen LogP contribution in [0.4, 0.5) is 0 Å². The Kier molecular flexibility index (Phi) is 8.61. The van der Waals surface area contributed by atoms with Crippen LogP contribution in [0, 0.1) is 0 Å². The van der Waals surface area contributed by atoms with E-state index < -0.39 is 22.8 Å².